The number of H-pyrrole nitrogens is 1. The van der Waals surface area contributed by atoms with E-state index in [4.69, 9.17) is 23.2 Å². The van der Waals surface area contributed by atoms with E-state index in [1.165, 1.54) is 0 Å². The Morgan fingerprint density at radius 3 is 1.87 bits per heavy atom. The maximum absolute atomic E-state index is 5.98. The molecule has 0 saturated carbocycles. The number of aromatic amines is 1. The van der Waals surface area contributed by atoms with Crippen LogP contribution >= 0.6 is 23.2 Å². The minimum atomic E-state index is 0.717. The van der Waals surface area contributed by atoms with E-state index >= 15 is 0 Å². The van der Waals surface area contributed by atoms with E-state index in [0.717, 1.165) is 38.7 Å². The van der Waals surface area contributed by atoms with Crippen LogP contribution in [0.5, 0.6) is 0 Å². The number of fused-ring (bicyclic) bond motifs is 1. The Hall–Kier alpha value is -2.29. The summed E-state index contributed by atoms with van der Waals surface area (Å²) >= 11 is 12.0. The molecule has 1 N–H and O–H groups in total. The zero-order chi connectivity index (χ0) is 15.8. The van der Waals surface area contributed by atoms with Gasteiger partial charge in [-0.15, -0.1) is 0 Å². The van der Waals surface area contributed by atoms with Crippen LogP contribution < -0.4 is 0 Å². The molecule has 0 bridgehead atoms. The van der Waals surface area contributed by atoms with Crippen LogP contribution in [-0.4, -0.2) is 10.2 Å². The summed E-state index contributed by atoms with van der Waals surface area (Å²) in [4.78, 5) is 0. The highest BCUT2D eigenvalue weighted by Gasteiger charge is 2.17. The van der Waals surface area contributed by atoms with Gasteiger partial charge in [0.25, 0.3) is 0 Å². The fourth-order valence-electron chi connectivity index (χ4n) is 2.74. The maximum Gasteiger partial charge on any atom is 0.0984 e. The fourth-order valence-corrected chi connectivity index (χ4v) is 2.99. The SMILES string of the molecule is Clc1ccc(-c2n[nH]c(-c3ccc(Cl)cc3)c3cccc2-3)cc1. The number of hydrogen-bond donors (Lipinski definition) is 1. The van der Waals surface area contributed by atoms with Crippen molar-refractivity contribution in [2.45, 2.75) is 0 Å². The Bertz CT molecular complexity index is 848. The van der Waals surface area contributed by atoms with E-state index in [9.17, 15) is 0 Å². The molecule has 112 valence electrons. The Labute approximate surface area is 144 Å². The molecule has 0 aromatic heterocycles. The average Bonchev–Trinajstić information content (AvgIpc) is 3.05. The number of rotatable bonds is 2. The minimum absolute atomic E-state index is 0.717. The number of hydrogen-bond acceptors (Lipinski definition) is 1. The van der Waals surface area contributed by atoms with Gasteiger partial charge < -0.3 is 0 Å². The molecule has 0 fully saturated rings. The zero-order valence-electron chi connectivity index (χ0n) is 12.1. The van der Waals surface area contributed by atoms with Crippen molar-refractivity contribution in [3.8, 4) is 33.6 Å². The van der Waals surface area contributed by atoms with Crippen LogP contribution in [-0.2, 0) is 0 Å². The second-order valence-electron chi connectivity index (χ2n) is 5.31. The Morgan fingerprint density at radius 2 is 1.22 bits per heavy atom. The van der Waals surface area contributed by atoms with E-state index in [1.54, 1.807) is 0 Å². The molecule has 0 spiro atoms. The molecule has 1 aliphatic carbocycles. The van der Waals surface area contributed by atoms with E-state index in [-0.39, 0.29) is 0 Å². The number of benzene rings is 2. The lowest BCUT2D eigenvalue weighted by atomic mass is 9.99. The first-order chi connectivity index (χ1) is 11.2. The summed E-state index contributed by atoms with van der Waals surface area (Å²) in [5, 5.41) is 9.20. The van der Waals surface area contributed by atoms with E-state index in [0.29, 0.717) is 5.02 Å². The van der Waals surface area contributed by atoms with Gasteiger partial charge in [-0.2, -0.15) is 5.10 Å². The summed E-state index contributed by atoms with van der Waals surface area (Å²) in [6.07, 6.45) is 0. The Morgan fingerprint density at radius 1 is 0.652 bits per heavy atom. The van der Waals surface area contributed by atoms with Gasteiger partial charge in [0, 0.05) is 32.3 Å². The molecule has 1 heterocycles. The molecule has 2 aliphatic rings. The molecule has 0 atom stereocenters. The summed E-state index contributed by atoms with van der Waals surface area (Å²) in [5.74, 6) is 0. The molecule has 4 rings (SSSR count). The van der Waals surface area contributed by atoms with Crippen LogP contribution in [0.15, 0.2) is 66.7 Å². The van der Waals surface area contributed by atoms with Crippen molar-refractivity contribution in [1.82, 2.24) is 10.2 Å². The van der Waals surface area contributed by atoms with Crippen molar-refractivity contribution in [3.63, 3.8) is 0 Å². The lowest BCUT2D eigenvalue weighted by molar-refractivity contribution is 1.05. The molecule has 2 aromatic rings. The molecule has 0 saturated heterocycles. The third-order valence-corrected chi connectivity index (χ3v) is 4.37. The molecule has 0 unspecified atom stereocenters. The maximum atomic E-state index is 5.98. The molecular weight excluding hydrogens is 327 g/mol. The molecule has 0 radical (unpaired) electrons. The normalized spacial score (nSPS) is 11.0. The van der Waals surface area contributed by atoms with Gasteiger partial charge in [-0.3, -0.25) is 5.10 Å². The Kier molecular flexibility index (Phi) is 3.56. The molecule has 2 aromatic carbocycles. The van der Waals surface area contributed by atoms with Crippen LogP contribution in [0.1, 0.15) is 0 Å². The van der Waals surface area contributed by atoms with Crippen molar-refractivity contribution in [3.05, 3.63) is 76.8 Å². The average molecular weight is 339 g/mol. The van der Waals surface area contributed by atoms with Crippen molar-refractivity contribution >= 4 is 23.2 Å². The zero-order valence-corrected chi connectivity index (χ0v) is 13.6. The molecule has 4 heteroatoms. The predicted molar refractivity (Wildman–Crippen MR) is 96.1 cm³/mol. The first kappa shape index (κ1) is 14.3. The predicted octanol–water partition coefficient (Wildman–Crippen LogP) is 6.16. The summed E-state index contributed by atoms with van der Waals surface area (Å²) in [6, 6.07) is 21.7. The minimum Gasteiger partial charge on any atom is -0.277 e. The standard InChI is InChI=1S/C19H12Cl2N2/c20-14-8-4-12(5-9-14)18-16-2-1-3-17(16)19(23-22-18)13-6-10-15(21)11-7-13/h1-11,22H. The van der Waals surface area contributed by atoms with Gasteiger partial charge in [0.1, 0.15) is 0 Å². The van der Waals surface area contributed by atoms with Crippen LogP contribution in [0, 0.1) is 0 Å². The van der Waals surface area contributed by atoms with Gasteiger partial charge in [0.15, 0.2) is 0 Å². The lowest BCUT2D eigenvalue weighted by Crippen LogP contribution is -1.96. The highest BCUT2D eigenvalue weighted by Crippen LogP contribution is 2.38. The van der Waals surface area contributed by atoms with E-state index in [1.807, 2.05) is 54.6 Å². The number of nitrogens with one attached hydrogen (secondary N) is 1. The Balaban J connectivity index is 1.87. The van der Waals surface area contributed by atoms with Gasteiger partial charge >= 0.3 is 0 Å². The quantitative estimate of drug-likeness (QED) is 0.466. The highest BCUT2D eigenvalue weighted by molar-refractivity contribution is 6.31. The second kappa shape index (κ2) is 5.73. The van der Waals surface area contributed by atoms with Gasteiger partial charge in [-0.05, 0) is 24.3 Å². The first-order valence-electron chi connectivity index (χ1n) is 7.21. The van der Waals surface area contributed by atoms with Crippen LogP contribution in [0.3, 0.4) is 0 Å². The third kappa shape index (κ3) is 2.61. The van der Waals surface area contributed by atoms with Gasteiger partial charge in [0.2, 0.25) is 0 Å². The number of aromatic nitrogens is 2. The monoisotopic (exact) mass is 338 g/mol. The fraction of sp³-hybridized carbons (Fsp3) is 0. The molecule has 0 amide bonds. The van der Waals surface area contributed by atoms with Crippen molar-refractivity contribution < 1.29 is 0 Å². The smallest absolute Gasteiger partial charge is 0.0984 e. The molecule has 1 aliphatic heterocycles. The lowest BCUT2D eigenvalue weighted by Gasteiger charge is -2.13. The van der Waals surface area contributed by atoms with Crippen molar-refractivity contribution in [2.75, 3.05) is 0 Å². The number of nitrogens with zero attached hydrogens (tertiary/aromatic N) is 1. The van der Waals surface area contributed by atoms with Crippen LogP contribution in [0.25, 0.3) is 33.6 Å². The van der Waals surface area contributed by atoms with Crippen LogP contribution in [0.4, 0.5) is 0 Å². The van der Waals surface area contributed by atoms with Crippen molar-refractivity contribution in [2.24, 2.45) is 0 Å². The summed E-state index contributed by atoms with van der Waals surface area (Å²) in [5.41, 5.74) is 6.23. The third-order valence-electron chi connectivity index (χ3n) is 3.87. The first-order valence-corrected chi connectivity index (χ1v) is 7.97. The summed E-state index contributed by atoms with van der Waals surface area (Å²) in [6.45, 7) is 0. The second-order valence-corrected chi connectivity index (χ2v) is 6.19. The van der Waals surface area contributed by atoms with Gasteiger partial charge in [-0.1, -0.05) is 65.7 Å². The topological polar surface area (TPSA) is 28.7 Å². The van der Waals surface area contributed by atoms with E-state index in [2.05, 4.69) is 22.3 Å². The number of halogens is 2. The van der Waals surface area contributed by atoms with Crippen LogP contribution in [0.2, 0.25) is 10.0 Å². The van der Waals surface area contributed by atoms with Gasteiger partial charge in [0.05, 0.1) is 11.4 Å². The molecule has 2 nitrogen and oxygen atoms in total. The molecule has 23 heavy (non-hydrogen) atoms. The van der Waals surface area contributed by atoms with E-state index < -0.39 is 0 Å². The largest absolute Gasteiger partial charge is 0.277 e. The summed E-state index contributed by atoms with van der Waals surface area (Å²) < 4.78 is 0. The molecular formula is C19H12Cl2N2. The van der Waals surface area contributed by atoms with Crippen molar-refractivity contribution in [1.29, 1.82) is 0 Å². The summed E-state index contributed by atoms with van der Waals surface area (Å²) in [7, 11) is 0. The van der Waals surface area contributed by atoms with Gasteiger partial charge in [-0.25, -0.2) is 0 Å². The highest BCUT2D eigenvalue weighted by atomic mass is 35.5.